The lowest BCUT2D eigenvalue weighted by molar-refractivity contribution is -0.133. The molecule has 1 aliphatic heterocycles. The Morgan fingerprint density at radius 2 is 2.00 bits per heavy atom. The number of hydrogen-bond donors (Lipinski definition) is 1. The monoisotopic (exact) mass is 361 g/mol. The highest BCUT2D eigenvalue weighted by atomic mass is 35.5. The maximum absolute atomic E-state index is 12.4. The lowest BCUT2D eigenvalue weighted by Crippen LogP contribution is -2.52. The van der Waals surface area contributed by atoms with Crippen molar-refractivity contribution in [2.24, 2.45) is 5.73 Å². The molecule has 2 rings (SSSR count). The van der Waals surface area contributed by atoms with Gasteiger partial charge in [0.05, 0.1) is 6.04 Å². The van der Waals surface area contributed by atoms with E-state index in [-0.39, 0.29) is 42.8 Å². The summed E-state index contributed by atoms with van der Waals surface area (Å²) in [6.07, 6.45) is 3.88. The highest BCUT2D eigenvalue weighted by Gasteiger charge is 2.28. The predicted octanol–water partition coefficient (Wildman–Crippen LogP) is 3.08. The van der Waals surface area contributed by atoms with Gasteiger partial charge in [-0.2, -0.15) is 0 Å². The van der Waals surface area contributed by atoms with Crippen molar-refractivity contribution in [2.45, 2.75) is 44.7 Å². The van der Waals surface area contributed by atoms with Crippen molar-refractivity contribution in [3.63, 3.8) is 0 Å². The van der Waals surface area contributed by atoms with E-state index in [0.29, 0.717) is 0 Å². The molecule has 1 fully saturated rings. The van der Waals surface area contributed by atoms with Gasteiger partial charge in [0, 0.05) is 31.9 Å². The van der Waals surface area contributed by atoms with Gasteiger partial charge in [-0.15, -0.1) is 24.8 Å². The van der Waals surface area contributed by atoms with Crippen LogP contribution in [0.1, 0.15) is 32.6 Å². The minimum absolute atomic E-state index is 0. The molecule has 0 bridgehead atoms. The fourth-order valence-corrected chi connectivity index (χ4v) is 3.02. The first-order valence-electron chi connectivity index (χ1n) is 7.95. The smallest absolute Gasteiger partial charge is 0.239 e. The third kappa shape index (κ3) is 5.87. The van der Waals surface area contributed by atoms with Crippen LogP contribution in [0.25, 0.3) is 0 Å². The first kappa shape index (κ1) is 22.0. The fourth-order valence-electron chi connectivity index (χ4n) is 3.02. The van der Waals surface area contributed by atoms with Gasteiger partial charge >= 0.3 is 0 Å². The number of nitrogens with zero attached hydrogens (tertiary/aromatic N) is 2. The molecule has 1 saturated heterocycles. The number of anilines is 1. The van der Waals surface area contributed by atoms with Crippen molar-refractivity contribution >= 4 is 36.4 Å². The maximum Gasteiger partial charge on any atom is 0.239 e. The third-order valence-corrected chi connectivity index (χ3v) is 4.33. The van der Waals surface area contributed by atoms with Gasteiger partial charge in [-0.05, 0) is 31.4 Å². The molecule has 1 amide bonds. The Hall–Kier alpha value is -0.970. The molecule has 0 saturated carbocycles. The van der Waals surface area contributed by atoms with Crippen molar-refractivity contribution in [1.29, 1.82) is 0 Å². The van der Waals surface area contributed by atoms with Crippen molar-refractivity contribution in [1.82, 2.24) is 4.90 Å². The molecule has 0 radical (unpaired) electrons. The molecule has 6 heteroatoms. The Balaban J connectivity index is 0.00000242. The molecule has 1 aromatic carbocycles. The van der Waals surface area contributed by atoms with Crippen LogP contribution in [-0.4, -0.2) is 43.0 Å². The molecule has 23 heavy (non-hydrogen) atoms. The van der Waals surface area contributed by atoms with Crippen molar-refractivity contribution in [3.8, 4) is 0 Å². The first-order chi connectivity index (χ1) is 10.1. The number of carbonyl (C=O) groups excluding carboxylic acids is 1. The molecule has 1 aromatic rings. The van der Waals surface area contributed by atoms with Gasteiger partial charge in [-0.1, -0.05) is 31.5 Å². The van der Waals surface area contributed by atoms with Crippen LogP contribution in [0.2, 0.25) is 0 Å². The van der Waals surface area contributed by atoms with E-state index >= 15 is 0 Å². The minimum atomic E-state index is -0.355. The summed E-state index contributed by atoms with van der Waals surface area (Å²) in [5, 5.41) is 0. The van der Waals surface area contributed by atoms with Crippen LogP contribution in [0.5, 0.6) is 0 Å². The van der Waals surface area contributed by atoms with Crippen LogP contribution in [0.4, 0.5) is 5.69 Å². The summed E-state index contributed by atoms with van der Waals surface area (Å²) in [7, 11) is 1.90. The largest absolute Gasteiger partial charge is 0.369 e. The lowest BCUT2D eigenvalue weighted by Gasteiger charge is -2.39. The van der Waals surface area contributed by atoms with E-state index in [2.05, 4.69) is 36.1 Å². The molecule has 4 nitrogen and oxygen atoms in total. The van der Waals surface area contributed by atoms with Crippen LogP contribution in [0.15, 0.2) is 30.3 Å². The number of rotatable bonds is 5. The zero-order valence-electron chi connectivity index (χ0n) is 14.0. The maximum atomic E-state index is 12.4. The number of amides is 1. The van der Waals surface area contributed by atoms with Gasteiger partial charge in [0.2, 0.25) is 5.91 Å². The quantitative estimate of drug-likeness (QED) is 0.876. The summed E-state index contributed by atoms with van der Waals surface area (Å²) < 4.78 is 0. The molecule has 2 N–H and O–H groups in total. The van der Waals surface area contributed by atoms with Gasteiger partial charge in [0.25, 0.3) is 0 Å². The summed E-state index contributed by atoms with van der Waals surface area (Å²) >= 11 is 0. The second kappa shape index (κ2) is 10.7. The Kier molecular flexibility index (Phi) is 10.3. The van der Waals surface area contributed by atoms with Crippen molar-refractivity contribution < 1.29 is 4.79 Å². The van der Waals surface area contributed by atoms with Crippen LogP contribution >= 0.6 is 24.8 Å². The van der Waals surface area contributed by atoms with Crippen molar-refractivity contribution in [3.05, 3.63) is 30.3 Å². The zero-order valence-corrected chi connectivity index (χ0v) is 15.6. The van der Waals surface area contributed by atoms with Crippen LogP contribution < -0.4 is 10.6 Å². The summed E-state index contributed by atoms with van der Waals surface area (Å²) in [5.74, 6) is 0.0803. The zero-order chi connectivity index (χ0) is 15.2. The van der Waals surface area contributed by atoms with Crippen LogP contribution in [0, 0.1) is 0 Å². The molecule has 0 spiro atoms. The number of benzene rings is 1. The van der Waals surface area contributed by atoms with Gasteiger partial charge in [0.15, 0.2) is 0 Å². The Bertz CT molecular complexity index is 458. The Morgan fingerprint density at radius 3 is 2.61 bits per heavy atom. The number of piperidine rings is 1. The topological polar surface area (TPSA) is 49.6 Å². The summed E-state index contributed by atoms with van der Waals surface area (Å²) in [4.78, 5) is 16.6. The normalized spacial score (nSPS) is 18.4. The predicted molar refractivity (Wildman–Crippen MR) is 102 cm³/mol. The molecule has 0 aromatic heterocycles. The van der Waals surface area contributed by atoms with Crippen LogP contribution in [-0.2, 0) is 4.79 Å². The van der Waals surface area contributed by atoms with E-state index < -0.39 is 0 Å². The van der Waals surface area contributed by atoms with E-state index in [1.54, 1.807) is 0 Å². The Labute approximate surface area is 152 Å². The summed E-state index contributed by atoms with van der Waals surface area (Å²) in [6.45, 7) is 4.01. The van der Waals surface area contributed by atoms with E-state index in [1.807, 2.05) is 18.0 Å². The number of para-hydroxylation sites is 1. The van der Waals surface area contributed by atoms with Gasteiger partial charge < -0.3 is 15.5 Å². The molecular formula is C17H29Cl2N3O. The Morgan fingerprint density at radius 1 is 1.35 bits per heavy atom. The number of carbonyl (C=O) groups is 1. The summed E-state index contributed by atoms with van der Waals surface area (Å²) in [6, 6.07) is 10.3. The highest BCUT2D eigenvalue weighted by Crippen LogP contribution is 2.22. The highest BCUT2D eigenvalue weighted by molar-refractivity contribution is 5.85. The first-order valence-corrected chi connectivity index (χ1v) is 7.95. The molecule has 2 unspecified atom stereocenters. The molecule has 132 valence electrons. The number of halogens is 2. The SMILES string of the molecule is CCCC(N)C(=O)N(C)C1CCCN(c2ccccc2)C1.Cl.Cl. The summed E-state index contributed by atoms with van der Waals surface area (Å²) in [5.41, 5.74) is 7.21. The van der Waals surface area contributed by atoms with Gasteiger partial charge in [-0.3, -0.25) is 4.79 Å². The van der Waals surface area contributed by atoms with E-state index in [4.69, 9.17) is 5.73 Å². The molecular weight excluding hydrogens is 333 g/mol. The number of nitrogens with two attached hydrogens (primary N) is 1. The number of hydrogen-bond acceptors (Lipinski definition) is 3. The van der Waals surface area contributed by atoms with Crippen molar-refractivity contribution in [2.75, 3.05) is 25.0 Å². The molecule has 1 heterocycles. The van der Waals surface area contributed by atoms with E-state index in [0.717, 1.165) is 38.8 Å². The standard InChI is InChI=1S/C17H27N3O.2ClH/c1-3-8-16(18)17(21)19(2)15-11-7-12-20(13-15)14-9-5-4-6-10-14;;/h4-6,9-10,15-16H,3,7-8,11-13,18H2,1-2H3;2*1H. The van der Waals surface area contributed by atoms with E-state index in [1.165, 1.54) is 5.69 Å². The van der Waals surface area contributed by atoms with Gasteiger partial charge in [0.1, 0.15) is 0 Å². The number of likely N-dealkylation sites (N-methyl/N-ethyl adjacent to an activating group) is 1. The molecule has 1 aliphatic rings. The second-order valence-corrected chi connectivity index (χ2v) is 5.92. The second-order valence-electron chi connectivity index (χ2n) is 5.92. The van der Waals surface area contributed by atoms with Gasteiger partial charge in [-0.25, -0.2) is 0 Å². The van der Waals surface area contributed by atoms with E-state index in [9.17, 15) is 4.79 Å². The lowest BCUT2D eigenvalue weighted by atomic mass is 10.0. The average molecular weight is 362 g/mol. The van der Waals surface area contributed by atoms with Crippen LogP contribution in [0.3, 0.4) is 0 Å². The fraction of sp³-hybridized carbons (Fsp3) is 0.588. The average Bonchev–Trinajstić information content (AvgIpc) is 2.54. The molecule has 2 atom stereocenters. The minimum Gasteiger partial charge on any atom is -0.369 e. The third-order valence-electron chi connectivity index (χ3n) is 4.33. The molecule has 0 aliphatic carbocycles.